The van der Waals surface area contributed by atoms with Crippen molar-refractivity contribution in [3.8, 4) is 0 Å². The van der Waals surface area contributed by atoms with Gasteiger partial charge in [0.15, 0.2) is 0 Å². The predicted molar refractivity (Wildman–Crippen MR) is 82.4 cm³/mol. The van der Waals surface area contributed by atoms with Crippen LogP contribution in [0.4, 0.5) is 0 Å². The summed E-state index contributed by atoms with van der Waals surface area (Å²) >= 11 is 0. The van der Waals surface area contributed by atoms with Gasteiger partial charge in [-0.15, -0.1) is 0 Å². The highest BCUT2D eigenvalue weighted by Crippen LogP contribution is 2.47. The normalized spacial score (nSPS) is 28.1. The molecule has 0 saturated heterocycles. The highest BCUT2D eigenvalue weighted by Gasteiger charge is 2.38. The van der Waals surface area contributed by atoms with Gasteiger partial charge in [0, 0.05) is 13.2 Å². The zero-order valence-electron chi connectivity index (χ0n) is 12.6. The Bertz CT molecular complexity index is 431. The van der Waals surface area contributed by atoms with Crippen LogP contribution in [0.3, 0.4) is 0 Å². The third kappa shape index (κ3) is 3.24. The summed E-state index contributed by atoms with van der Waals surface area (Å²) in [6, 6.07) is 8.64. The van der Waals surface area contributed by atoms with Gasteiger partial charge in [0.25, 0.3) is 0 Å². The van der Waals surface area contributed by atoms with Crippen molar-refractivity contribution in [2.75, 3.05) is 13.2 Å². The summed E-state index contributed by atoms with van der Waals surface area (Å²) in [5.41, 5.74) is 2.72. The molecule has 2 heteroatoms. The molecule has 3 atom stereocenters. The van der Waals surface area contributed by atoms with Gasteiger partial charge >= 0.3 is 0 Å². The van der Waals surface area contributed by atoms with Gasteiger partial charge in [-0.25, -0.2) is 0 Å². The second-order valence-electron chi connectivity index (χ2n) is 6.47. The van der Waals surface area contributed by atoms with Crippen molar-refractivity contribution in [2.45, 2.75) is 45.8 Å². The van der Waals surface area contributed by atoms with E-state index in [4.69, 9.17) is 4.74 Å². The van der Waals surface area contributed by atoms with E-state index in [2.05, 4.69) is 36.5 Å². The molecule has 0 aromatic heterocycles. The summed E-state index contributed by atoms with van der Waals surface area (Å²) in [4.78, 5) is 0. The Morgan fingerprint density at radius 1 is 1.15 bits per heavy atom. The van der Waals surface area contributed by atoms with Crippen LogP contribution in [-0.2, 0) is 17.9 Å². The summed E-state index contributed by atoms with van der Waals surface area (Å²) < 4.78 is 5.55. The molecule has 2 saturated carbocycles. The Balaban J connectivity index is 1.48. The zero-order chi connectivity index (χ0) is 13.8. The molecule has 110 valence electrons. The van der Waals surface area contributed by atoms with Crippen LogP contribution >= 0.6 is 0 Å². The predicted octanol–water partition coefficient (Wildman–Crippen LogP) is 3.75. The summed E-state index contributed by atoms with van der Waals surface area (Å²) in [6.45, 7) is 5.76. The van der Waals surface area contributed by atoms with Crippen molar-refractivity contribution in [3.63, 3.8) is 0 Å². The number of ether oxygens (including phenoxy) is 1. The fraction of sp³-hybridized carbons (Fsp3) is 0.667. The van der Waals surface area contributed by atoms with E-state index >= 15 is 0 Å². The summed E-state index contributed by atoms with van der Waals surface area (Å²) in [7, 11) is 0. The average molecular weight is 273 g/mol. The molecule has 3 rings (SSSR count). The molecular weight excluding hydrogens is 246 g/mol. The molecule has 0 spiro atoms. The molecule has 0 heterocycles. The SMILES string of the molecule is CCOCc1ccccc1CNCC1CC2CCC1C2. The molecule has 20 heavy (non-hydrogen) atoms. The maximum absolute atomic E-state index is 5.55. The summed E-state index contributed by atoms with van der Waals surface area (Å²) in [5, 5.41) is 3.69. The number of benzene rings is 1. The molecule has 3 unspecified atom stereocenters. The highest BCUT2D eigenvalue weighted by molar-refractivity contribution is 5.26. The van der Waals surface area contributed by atoms with Gasteiger partial charge < -0.3 is 10.1 Å². The van der Waals surface area contributed by atoms with E-state index in [1.165, 1.54) is 43.4 Å². The number of hydrogen-bond acceptors (Lipinski definition) is 2. The fourth-order valence-electron chi connectivity index (χ4n) is 4.10. The van der Waals surface area contributed by atoms with E-state index in [1.807, 2.05) is 0 Å². The standard InChI is InChI=1S/C18H27NO/c1-2-20-13-17-6-4-3-5-16(17)11-19-12-18-10-14-7-8-15(18)9-14/h3-6,14-15,18-19H,2,7-13H2,1H3. The molecule has 2 nitrogen and oxygen atoms in total. The molecule has 2 aliphatic carbocycles. The van der Waals surface area contributed by atoms with E-state index in [-0.39, 0.29) is 0 Å². The largest absolute Gasteiger partial charge is 0.377 e. The van der Waals surface area contributed by atoms with Crippen LogP contribution in [0.25, 0.3) is 0 Å². The molecule has 0 aliphatic heterocycles. The van der Waals surface area contributed by atoms with Gasteiger partial charge in [-0.1, -0.05) is 30.7 Å². The zero-order valence-corrected chi connectivity index (χ0v) is 12.6. The minimum Gasteiger partial charge on any atom is -0.377 e. The monoisotopic (exact) mass is 273 g/mol. The molecule has 2 bridgehead atoms. The maximum Gasteiger partial charge on any atom is 0.0719 e. The van der Waals surface area contributed by atoms with Gasteiger partial charge in [0.05, 0.1) is 6.61 Å². The molecule has 1 aromatic carbocycles. The van der Waals surface area contributed by atoms with Crippen molar-refractivity contribution in [3.05, 3.63) is 35.4 Å². The van der Waals surface area contributed by atoms with E-state index in [0.29, 0.717) is 0 Å². The first-order valence-corrected chi connectivity index (χ1v) is 8.22. The Kier molecular flexibility index (Phi) is 4.74. The number of hydrogen-bond donors (Lipinski definition) is 1. The number of fused-ring (bicyclic) bond motifs is 2. The Labute approximate surface area is 122 Å². The lowest BCUT2D eigenvalue weighted by molar-refractivity contribution is 0.133. The Morgan fingerprint density at radius 2 is 2.00 bits per heavy atom. The molecule has 1 N–H and O–H groups in total. The van der Waals surface area contributed by atoms with E-state index in [9.17, 15) is 0 Å². The first-order valence-electron chi connectivity index (χ1n) is 8.22. The first kappa shape index (κ1) is 14.1. The third-order valence-electron chi connectivity index (χ3n) is 5.19. The molecule has 1 aromatic rings. The van der Waals surface area contributed by atoms with Crippen LogP contribution in [-0.4, -0.2) is 13.2 Å². The lowest BCUT2D eigenvalue weighted by atomic mass is 9.89. The van der Waals surface area contributed by atoms with Crippen LogP contribution in [0.5, 0.6) is 0 Å². The van der Waals surface area contributed by atoms with Gasteiger partial charge in [-0.05, 0) is 61.6 Å². The van der Waals surface area contributed by atoms with Crippen molar-refractivity contribution in [2.24, 2.45) is 17.8 Å². The van der Waals surface area contributed by atoms with Crippen molar-refractivity contribution < 1.29 is 4.74 Å². The fourth-order valence-corrected chi connectivity index (χ4v) is 4.10. The average Bonchev–Trinajstić information content (AvgIpc) is 3.09. The van der Waals surface area contributed by atoms with Gasteiger partial charge in [-0.2, -0.15) is 0 Å². The van der Waals surface area contributed by atoms with Crippen molar-refractivity contribution >= 4 is 0 Å². The lowest BCUT2D eigenvalue weighted by Crippen LogP contribution is -2.26. The number of rotatable bonds is 7. The van der Waals surface area contributed by atoms with Crippen LogP contribution in [0, 0.1) is 17.8 Å². The second-order valence-corrected chi connectivity index (χ2v) is 6.47. The summed E-state index contributed by atoms with van der Waals surface area (Å²) in [6.07, 6.45) is 5.96. The summed E-state index contributed by atoms with van der Waals surface area (Å²) in [5.74, 6) is 3.01. The minimum absolute atomic E-state index is 0.739. The van der Waals surface area contributed by atoms with E-state index in [0.717, 1.165) is 37.5 Å². The topological polar surface area (TPSA) is 21.3 Å². The Morgan fingerprint density at radius 3 is 2.70 bits per heavy atom. The smallest absolute Gasteiger partial charge is 0.0719 e. The van der Waals surface area contributed by atoms with Crippen LogP contribution in [0.2, 0.25) is 0 Å². The quantitative estimate of drug-likeness (QED) is 0.817. The van der Waals surface area contributed by atoms with Crippen molar-refractivity contribution in [1.82, 2.24) is 5.32 Å². The van der Waals surface area contributed by atoms with Gasteiger partial charge in [0.1, 0.15) is 0 Å². The molecular formula is C18H27NO. The maximum atomic E-state index is 5.55. The van der Waals surface area contributed by atoms with Crippen LogP contribution in [0.1, 0.15) is 43.7 Å². The van der Waals surface area contributed by atoms with Gasteiger partial charge in [0.2, 0.25) is 0 Å². The minimum atomic E-state index is 0.739. The van der Waals surface area contributed by atoms with Crippen LogP contribution < -0.4 is 5.32 Å². The van der Waals surface area contributed by atoms with E-state index in [1.54, 1.807) is 0 Å². The molecule has 0 amide bonds. The second kappa shape index (κ2) is 6.73. The molecule has 2 aliphatic rings. The highest BCUT2D eigenvalue weighted by atomic mass is 16.5. The molecule has 2 fully saturated rings. The first-order chi connectivity index (χ1) is 9.86. The lowest BCUT2D eigenvalue weighted by Gasteiger charge is -2.22. The third-order valence-corrected chi connectivity index (χ3v) is 5.19. The molecule has 0 radical (unpaired) electrons. The van der Waals surface area contributed by atoms with Crippen LogP contribution in [0.15, 0.2) is 24.3 Å². The van der Waals surface area contributed by atoms with Gasteiger partial charge in [-0.3, -0.25) is 0 Å². The number of nitrogens with one attached hydrogen (secondary N) is 1. The van der Waals surface area contributed by atoms with E-state index < -0.39 is 0 Å². The van der Waals surface area contributed by atoms with Crippen molar-refractivity contribution in [1.29, 1.82) is 0 Å². The Hall–Kier alpha value is -0.860.